The van der Waals surface area contributed by atoms with E-state index in [9.17, 15) is 4.79 Å². The van der Waals surface area contributed by atoms with Gasteiger partial charge in [-0.05, 0) is 24.3 Å². The molecule has 9 heteroatoms. The lowest BCUT2D eigenvalue weighted by Crippen LogP contribution is -2.33. The molecule has 0 bridgehead atoms. The Kier molecular flexibility index (Phi) is 5.64. The van der Waals surface area contributed by atoms with Gasteiger partial charge in [-0.25, -0.2) is 4.68 Å². The van der Waals surface area contributed by atoms with E-state index in [1.165, 1.54) is 5.56 Å². The van der Waals surface area contributed by atoms with Crippen LogP contribution < -0.4 is 10.2 Å². The average molecular weight is 393 g/mol. The summed E-state index contributed by atoms with van der Waals surface area (Å²) in [5.41, 5.74) is 1.38. The summed E-state index contributed by atoms with van der Waals surface area (Å²) in [6, 6.07) is 12.5. The van der Waals surface area contributed by atoms with Crippen molar-refractivity contribution in [3.63, 3.8) is 0 Å². The Bertz CT molecular complexity index is 939. The topological polar surface area (TPSA) is 109 Å². The maximum absolute atomic E-state index is 10.8. The van der Waals surface area contributed by atoms with Crippen molar-refractivity contribution in [3.05, 3.63) is 54.4 Å². The highest BCUT2D eigenvalue weighted by Crippen LogP contribution is 2.30. The number of nitrogens with zero attached hydrogens (tertiary/aromatic N) is 6. The van der Waals surface area contributed by atoms with Gasteiger partial charge >= 0.3 is 5.97 Å². The van der Waals surface area contributed by atoms with E-state index >= 15 is 0 Å². The van der Waals surface area contributed by atoms with Crippen LogP contribution in [-0.2, 0) is 4.79 Å². The van der Waals surface area contributed by atoms with E-state index in [4.69, 9.17) is 5.11 Å². The van der Waals surface area contributed by atoms with E-state index in [0.717, 1.165) is 31.7 Å². The molecule has 0 saturated carbocycles. The maximum Gasteiger partial charge on any atom is 0.305 e. The Morgan fingerprint density at radius 2 is 1.90 bits per heavy atom. The van der Waals surface area contributed by atoms with Gasteiger partial charge in [-0.2, -0.15) is 9.97 Å². The van der Waals surface area contributed by atoms with Gasteiger partial charge in [-0.1, -0.05) is 35.5 Å². The molecule has 9 nitrogen and oxygen atoms in total. The largest absolute Gasteiger partial charge is 0.481 e. The number of benzene rings is 1. The van der Waals surface area contributed by atoms with Gasteiger partial charge in [0.15, 0.2) is 5.82 Å². The lowest BCUT2D eigenvalue weighted by Gasteiger charge is -2.33. The fraction of sp³-hybridized carbons (Fsp3) is 0.350. The van der Waals surface area contributed by atoms with E-state index in [-0.39, 0.29) is 13.0 Å². The second-order valence-electron chi connectivity index (χ2n) is 7.00. The molecule has 1 aliphatic rings. The predicted molar refractivity (Wildman–Crippen MR) is 108 cm³/mol. The van der Waals surface area contributed by atoms with Gasteiger partial charge in [-0.15, -0.1) is 5.10 Å². The van der Waals surface area contributed by atoms with Crippen molar-refractivity contribution in [1.82, 2.24) is 25.0 Å². The van der Waals surface area contributed by atoms with Gasteiger partial charge in [0.25, 0.3) is 0 Å². The molecule has 2 aromatic heterocycles. The zero-order valence-corrected chi connectivity index (χ0v) is 16.0. The summed E-state index contributed by atoms with van der Waals surface area (Å²) in [5.74, 6) is 1.47. The lowest BCUT2D eigenvalue weighted by molar-refractivity contribution is -0.136. The van der Waals surface area contributed by atoms with Crippen molar-refractivity contribution in [2.45, 2.75) is 25.2 Å². The number of carboxylic acids is 1. The molecule has 0 amide bonds. The molecule has 0 spiro atoms. The first kappa shape index (κ1) is 18.9. The number of aliphatic carboxylic acids is 1. The van der Waals surface area contributed by atoms with Gasteiger partial charge in [-0.3, -0.25) is 4.79 Å². The molecule has 1 aromatic carbocycles. The third kappa shape index (κ3) is 4.68. The third-order valence-electron chi connectivity index (χ3n) is 5.07. The highest BCUT2D eigenvalue weighted by molar-refractivity contribution is 5.67. The minimum absolute atomic E-state index is 0.00524. The number of hydrogen-bond donors (Lipinski definition) is 2. The highest BCUT2D eigenvalue weighted by Gasteiger charge is 2.22. The number of carbonyl (C=O) groups is 1. The summed E-state index contributed by atoms with van der Waals surface area (Å²) in [6.07, 6.45) is 5.40. The molecule has 0 atom stereocenters. The number of nitrogens with one attached hydrogen (secondary N) is 1. The van der Waals surface area contributed by atoms with E-state index < -0.39 is 5.97 Å². The van der Waals surface area contributed by atoms with E-state index in [1.807, 2.05) is 12.1 Å². The molecular formula is C20H23N7O2. The van der Waals surface area contributed by atoms with Crippen LogP contribution in [0.2, 0.25) is 0 Å². The summed E-state index contributed by atoms with van der Waals surface area (Å²) in [4.78, 5) is 22.1. The molecule has 0 radical (unpaired) electrons. The standard InChI is InChI=1S/C20H23N7O2/c28-19(29)6-9-21-20-23-17(14-18(24-20)27-13-10-22-25-27)26-11-7-16(8-12-26)15-4-2-1-3-5-15/h1-5,10,13-14,16H,6-9,11-12H2,(H,28,29)(H,21,23,24). The molecular weight excluding hydrogens is 370 g/mol. The summed E-state index contributed by atoms with van der Waals surface area (Å²) in [5, 5.41) is 19.7. The van der Waals surface area contributed by atoms with Gasteiger partial charge in [0, 0.05) is 25.7 Å². The van der Waals surface area contributed by atoms with E-state index in [0.29, 0.717) is 17.7 Å². The predicted octanol–water partition coefficient (Wildman–Crippen LogP) is 2.33. The van der Waals surface area contributed by atoms with Crippen LogP contribution in [0, 0.1) is 0 Å². The molecule has 1 saturated heterocycles. The molecule has 3 heterocycles. The van der Waals surface area contributed by atoms with Crippen molar-refractivity contribution in [2.75, 3.05) is 29.9 Å². The Morgan fingerprint density at radius 1 is 1.14 bits per heavy atom. The Morgan fingerprint density at radius 3 is 2.59 bits per heavy atom. The van der Waals surface area contributed by atoms with Crippen molar-refractivity contribution >= 4 is 17.7 Å². The van der Waals surface area contributed by atoms with Crippen molar-refractivity contribution in [2.24, 2.45) is 0 Å². The zero-order chi connectivity index (χ0) is 20.1. The smallest absolute Gasteiger partial charge is 0.305 e. The first-order chi connectivity index (χ1) is 14.2. The summed E-state index contributed by atoms with van der Waals surface area (Å²) >= 11 is 0. The summed E-state index contributed by atoms with van der Waals surface area (Å²) in [7, 11) is 0. The van der Waals surface area contributed by atoms with Crippen LogP contribution in [0.25, 0.3) is 5.82 Å². The van der Waals surface area contributed by atoms with Crippen molar-refractivity contribution in [1.29, 1.82) is 0 Å². The van der Waals surface area contributed by atoms with Crippen LogP contribution in [0.4, 0.5) is 11.8 Å². The Balaban J connectivity index is 1.51. The highest BCUT2D eigenvalue weighted by atomic mass is 16.4. The van der Waals surface area contributed by atoms with Gasteiger partial charge < -0.3 is 15.3 Å². The monoisotopic (exact) mass is 393 g/mol. The normalized spacial score (nSPS) is 14.7. The number of carboxylic acid groups (broad SMARTS) is 1. The summed E-state index contributed by atoms with van der Waals surface area (Å²) in [6.45, 7) is 2.04. The number of hydrogen-bond acceptors (Lipinski definition) is 7. The van der Waals surface area contributed by atoms with Crippen LogP contribution >= 0.6 is 0 Å². The number of aromatic nitrogens is 5. The minimum atomic E-state index is -0.867. The molecule has 3 aromatic rings. The molecule has 0 aliphatic carbocycles. The van der Waals surface area contributed by atoms with E-state index in [2.05, 4.69) is 54.8 Å². The zero-order valence-electron chi connectivity index (χ0n) is 16.0. The minimum Gasteiger partial charge on any atom is -0.481 e. The number of rotatable bonds is 7. The second kappa shape index (κ2) is 8.68. The summed E-state index contributed by atoms with van der Waals surface area (Å²) < 4.78 is 1.57. The first-order valence-electron chi connectivity index (χ1n) is 9.70. The second-order valence-corrected chi connectivity index (χ2v) is 7.00. The molecule has 1 fully saturated rings. The number of piperidine rings is 1. The van der Waals surface area contributed by atoms with Gasteiger partial charge in [0.1, 0.15) is 5.82 Å². The third-order valence-corrected chi connectivity index (χ3v) is 5.07. The molecule has 150 valence electrons. The Labute approximate surface area is 168 Å². The van der Waals surface area contributed by atoms with Crippen molar-refractivity contribution < 1.29 is 9.90 Å². The van der Waals surface area contributed by atoms with E-state index in [1.54, 1.807) is 17.1 Å². The molecule has 4 rings (SSSR count). The Hall–Kier alpha value is -3.49. The van der Waals surface area contributed by atoms with Gasteiger partial charge in [0.05, 0.1) is 18.8 Å². The average Bonchev–Trinajstić information content (AvgIpc) is 3.29. The quantitative estimate of drug-likeness (QED) is 0.629. The maximum atomic E-state index is 10.8. The molecule has 0 unspecified atom stereocenters. The van der Waals surface area contributed by atoms with Crippen molar-refractivity contribution in [3.8, 4) is 5.82 Å². The molecule has 2 N–H and O–H groups in total. The van der Waals surface area contributed by atoms with Crippen LogP contribution in [0.1, 0.15) is 30.7 Å². The molecule has 29 heavy (non-hydrogen) atoms. The SMILES string of the molecule is O=C(O)CCNc1nc(N2CCC(c3ccccc3)CC2)cc(-n2ccnn2)n1. The fourth-order valence-electron chi connectivity index (χ4n) is 3.56. The first-order valence-corrected chi connectivity index (χ1v) is 9.70. The van der Waals surface area contributed by atoms with Crippen LogP contribution in [0.5, 0.6) is 0 Å². The van der Waals surface area contributed by atoms with Crippen LogP contribution in [0.15, 0.2) is 48.8 Å². The van der Waals surface area contributed by atoms with Crippen LogP contribution in [-0.4, -0.2) is 55.7 Å². The van der Waals surface area contributed by atoms with Gasteiger partial charge in [0.2, 0.25) is 5.95 Å². The molecule has 1 aliphatic heterocycles. The van der Waals surface area contributed by atoms with Crippen LogP contribution in [0.3, 0.4) is 0 Å². The number of anilines is 2. The lowest BCUT2D eigenvalue weighted by atomic mass is 9.89. The fourth-order valence-corrected chi connectivity index (χ4v) is 3.56.